The van der Waals surface area contributed by atoms with E-state index in [4.69, 9.17) is 4.74 Å². The van der Waals surface area contributed by atoms with E-state index in [1.54, 1.807) is 18.2 Å². The predicted molar refractivity (Wildman–Crippen MR) is 100 cm³/mol. The number of aromatic nitrogens is 1. The van der Waals surface area contributed by atoms with Crippen LogP contribution in [0.1, 0.15) is 29.8 Å². The highest BCUT2D eigenvalue weighted by Crippen LogP contribution is 2.13. The highest BCUT2D eigenvalue weighted by atomic mass is 16.5. The van der Waals surface area contributed by atoms with Gasteiger partial charge in [0.1, 0.15) is 12.4 Å². The van der Waals surface area contributed by atoms with Crippen molar-refractivity contribution in [2.45, 2.75) is 13.8 Å². The summed E-state index contributed by atoms with van der Waals surface area (Å²) in [4.78, 5) is 27.4. The molecule has 6 nitrogen and oxygen atoms in total. The van der Waals surface area contributed by atoms with E-state index < -0.39 is 11.8 Å². The average molecular weight is 351 g/mol. The summed E-state index contributed by atoms with van der Waals surface area (Å²) in [5, 5.41) is 0. The van der Waals surface area contributed by atoms with Crippen LogP contribution in [0.5, 0.6) is 5.75 Å². The molecule has 1 aromatic heterocycles. The van der Waals surface area contributed by atoms with Crippen LogP contribution < -0.4 is 15.6 Å². The molecule has 0 saturated carbocycles. The molecule has 134 valence electrons. The quantitative estimate of drug-likeness (QED) is 0.476. The van der Waals surface area contributed by atoms with Crippen molar-refractivity contribution in [3.63, 3.8) is 0 Å². The van der Waals surface area contributed by atoms with Crippen molar-refractivity contribution in [3.8, 4) is 5.75 Å². The number of carbonyl (C=O) groups is 2. The largest absolute Gasteiger partial charge is 0.490 e. The lowest BCUT2D eigenvalue weighted by molar-refractivity contribution is -0.117. The molecule has 0 bridgehead atoms. The number of rotatable bonds is 6. The number of benzene rings is 1. The first kappa shape index (κ1) is 18.9. The Morgan fingerprint density at radius 2 is 1.73 bits per heavy atom. The number of carbonyl (C=O) groups excluding carboxylic acids is 2. The first-order valence-corrected chi connectivity index (χ1v) is 8.09. The summed E-state index contributed by atoms with van der Waals surface area (Å²) in [6.07, 6.45) is 7.99. The summed E-state index contributed by atoms with van der Waals surface area (Å²) in [6.45, 7) is 4.56. The summed E-state index contributed by atoms with van der Waals surface area (Å²) < 4.78 is 5.57. The fraction of sp³-hybridized carbons (Fsp3) is 0.150. The van der Waals surface area contributed by atoms with Crippen LogP contribution in [0.2, 0.25) is 0 Å². The van der Waals surface area contributed by atoms with Crippen molar-refractivity contribution < 1.29 is 14.3 Å². The topological polar surface area (TPSA) is 80.3 Å². The number of nitrogens with one attached hydrogen (secondary N) is 2. The predicted octanol–water partition coefficient (Wildman–Crippen LogP) is 2.90. The minimum absolute atomic E-state index is 0.410. The summed E-state index contributed by atoms with van der Waals surface area (Å²) in [5.41, 5.74) is 7.11. The maximum atomic E-state index is 11.8. The van der Waals surface area contributed by atoms with Gasteiger partial charge in [-0.05, 0) is 55.8 Å². The zero-order chi connectivity index (χ0) is 18.8. The highest BCUT2D eigenvalue weighted by Gasteiger charge is 2.04. The smallest absolute Gasteiger partial charge is 0.269 e. The van der Waals surface area contributed by atoms with Gasteiger partial charge in [-0.3, -0.25) is 25.4 Å². The molecule has 2 amide bonds. The Bertz CT molecular complexity index is 793. The molecule has 6 heteroatoms. The summed E-state index contributed by atoms with van der Waals surface area (Å²) in [5.74, 6) is -0.0861. The molecule has 2 aromatic rings. The van der Waals surface area contributed by atoms with Crippen LogP contribution in [-0.2, 0) is 4.79 Å². The van der Waals surface area contributed by atoms with Gasteiger partial charge in [0, 0.05) is 24.0 Å². The zero-order valence-electron chi connectivity index (χ0n) is 14.7. The van der Waals surface area contributed by atoms with Crippen molar-refractivity contribution in [3.05, 3.63) is 77.6 Å². The van der Waals surface area contributed by atoms with Gasteiger partial charge in [0.2, 0.25) is 0 Å². The number of allylic oxidation sites excluding steroid dienone is 1. The van der Waals surface area contributed by atoms with E-state index in [-0.39, 0.29) is 0 Å². The second kappa shape index (κ2) is 9.78. The molecule has 2 rings (SSSR count). The Morgan fingerprint density at radius 1 is 1.04 bits per heavy atom. The van der Waals surface area contributed by atoms with Gasteiger partial charge < -0.3 is 4.74 Å². The molecule has 0 radical (unpaired) electrons. The molecule has 26 heavy (non-hydrogen) atoms. The third-order valence-corrected chi connectivity index (χ3v) is 3.29. The zero-order valence-corrected chi connectivity index (χ0v) is 14.7. The minimum atomic E-state index is -0.434. The standard InChI is InChI=1S/C20H21N3O3/c1-15(2)11-14-26-18-6-3-16(4-7-18)5-8-19(24)22-23-20(25)17-9-12-21-13-10-17/h3-13H,14H2,1-2H3,(H,22,24)(H,23,25)/b8-5+. The first-order valence-electron chi connectivity index (χ1n) is 8.09. The van der Waals surface area contributed by atoms with Crippen molar-refractivity contribution >= 4 is 17.9 Å². The van der Waals surface area contributed by atoms with E-state index in [0.29, 0.717) is 12.2 Å². The van der Waals surface area contributed by atoms with Crippen LogP contribution in [0, 0.1) is 0 Å². The monoisotopic (exact) mass is 351 g/mol. The van der Waals surface area contributed by atoms with Gasteiger partial charge in [-0.15, -0.1) is 0 Å². The molecule has 0 unspecified atom stereocenters. The van der Waals surface area contributed by atoms with E-state index in [0.717, 1.165) is 11.3 Å². The van der Waals surface area contributed by atoms with Crippen LogP contribution >= 0.6 is 0 Å². The summed E-state index contributed by atoms with van der Waals surface area (Å²) in [6, 6.07) is 10.5. The van der Waals surface area contributed by atoms with E-state index >= 15 is 0 Å². The molecular weight excluding hydrogens is 330 g/mol. The van der Waals surface area contributed by atoms with E-state index in [2.05, 4.69) is 15.8 Å². The molecule has 1 heterocycles. The van der Waals surface area contributed by atoms with Crippen molar-refractivity contribution in [2.24, 2.45) is 0 Å². The molecule has 0 aliphatic rings. The van der Waals surface area contributed by atoms with E-state index in [1.807, 2.05) is 44.2 Å². The van der Waals surface area contributed by atoms with Crippen LogP contribution in [-0.4, -0.2) is 23.4 Å². The number of pyridine rings is 1. The molecule has 0 aliphatic carbocycles. The van der Waals surface area contributed by atoms with Gasteiger partial charge in [-0.2, -0.15) is 0 Å². The fourth-order valence-corrected chi connectivity index (χ4v) is 1.89. The Hall–Kier alpha value is -3.41. The number of amides is 2. The van der Waals surface area contributed by atoms with Gasteiger partial charge in [0.15, 0.2) is 0 Å². The lowest BCUT2D eigenvalue weighted by Gasteiger charge is -2.05. The fourth-order valence-electron chi connectivity index (χ4n) is 1.89. The van der Waals surface area contributed by atoms with Crippen molar-refractivity contribution in [2.75, 3.05) is 6.61 Å². The van der Waals surface area contributed by atoms with Gasteiger partial charge in [-0.1, -0.05) is 17.7 Å². The average Bonchev–Trinajstić information content (AvgIpc) is 2.66. The highest BCUT2D eigenvalue weighted by molar-refractivity contribution is 5.97. The third kappa shape index (κ3) is 6.60. The number of hydrogen-bond donors (Lipinski definition) is 2. The van der Waals surface area contributed by atoms with Gasteiger partial charge in [0.05, 0.1) is 0 Å². The number of nitrogens with zero attached hydrogens (tertiary/aromatic N) is 1. The third-order valence-electron chi connectivity index (χ3n) is 3.29. The van der Waals surface area contributed by atoms with E-state index in [9.17, 15) is 9.59 Å². The molecule has 0 aliphatic heterocycles. The normalized spacial score (nSPS) is 10.2. The molecule has 0 fully saturated rings. The lowest BCUT2D eigenvalue weighted by atomic mass is 10.2. The molecule has 0 saturated heterocycles. The first-order chi connectivity index (χ1) is 12.5. The number of ether oxygens (including phenoxy) is 1. The molecule has 0 spiro atoms. The van der Waals surface area contributed by atoms with Crippen molar-refractivity contribution in [1.29, 1.82) is 0 Å². The second-order valence-corrected chi connectivity index (χ2v) is 5.67. The lowest BCUT2D eigenvalue weighted by Crippen LogP contribution is -2.40. The summed E-state index contributed by atoms with van der Waals surface area (Å²) >= 11 is 0. The maximum absolute atomic E-state index is 11.8. The van der Waals surface area contributed by atoms with Gasteiger partial charge in [-0.25, -0.2) is 0 Å². The molecular formula is C20H21N3O3. The Balaban J connectivity index is 1.80. The molecule has 2 N–H and O–H groups in total. The second-order valence-electron chi connectivity index (χ2n) is 5.67. The molecule has 0 atom stereocenters. The number of hydrogen-bond acceptors (Lipinski definition) is 4. The van der Waals surface area contributed by atoms with Gasteiger partial charge >= 0.3 is 0 Å². The van der Waals surface area contributed by atoms with Crippen LogP contribution in [0.25, 0.3) is 6.08 Å². The Kier molecular flexibility index (Phi) is 7.12. The Morgan fingerprint density at radius 3 is 2.38 bits per heavy atom. The molecule has 1 aromatic carbocycles. The van der Waals surface area contributed by atoms with Crippen molar-refractivity contribution in [1.82, 2.24) is 15.8 Å². The van der Waals surface area contributed by atoms with Crippen LogP contribution in [0.4, 0.5) is 0 Å². The summed E-state index contributed by atoms with van der Waals surface area (Å²) in [7, 11) is 0. The minimum Gasteiger partial charge on any atom is -0.490 e. The maximum Gasteiger partial charge on any atom is 0.269 e. The van der Waals surface area contributed by atoms with Crippen LogP contribution in [0.3, 0.4) is 0 Å². The number of hydrazine groups is 1. The van der Waals surface area contributed by atoms with Gasteiger partial charge in [0.25, 0.3) is 11.8 Å². The van der Waals surface area contributed by atoms with E-state index in [1.165, 1.54) is 24.0 Å². The van der Waals surface area contributed by atoms with Crippen LogP contribution in [0.15, 0.2) is 66.5 Å². The Labute approximate surface area is 152 Å². The SMILES string of the molecule is CC(C)=CCOc1ccc(/C=C/C(=O)NNC(=O)c2ccncc2)cc1.